The van der Waals surface area contributed by atoms with E-state index < -0.39 is 0 Å². The van der Waals surface area contributed by atoms with Gasteiger partial charge in [-0.05, 0) is 44.2 Å². The molecule has 1 aromatic carbocycles. The van der Waals surface area contributed by atoms with Crippen molar-refractivity contribution >= 4 is 33.0 Å². The minimum Gasteiger partial charge on any atom is -0.497 e. The lowest BCUT2D eigenvalue weighted by Crippen LogP contribution is -2.49. The first kappa shape index (κ1) is 19.5. The van der Waals surface area contributed by atoms with Crippen LogP contribution in [0.2, 0.25) is 0 Å². The van der Waals surface area contributed by atoms with Crippen molar-refractivity contribution in [2.75, 3.05) is 38.2 Å². The molecule has 0 radical (unpaired) electrons. The highest BCUT2D eigenvalue weighted by atomic mass is 32.1. The Bertz CT molecular complexity index is 1090. The Kier molecular flexibility index (Phi) is 5.32. The standard InChI is InChI=1S/C22H25N3O3S/c1-4-23-10-9-18-20(22(23)27)19(15(2)29-18)21(26)25-13-11-24(12-14-25)16-5-7-17(28-3)8-6-16/h5-10H,4,11-14H2,1-3H3. The maximum Gasteiger partial charge on any atom is 0.260 e. The zero-order chi connectivity index (χ0) is 20.5. The van der Waals surface area contributed by atoms with Gasteiger partial charge in [0.1, 0.15) is 5.75 Å². The first-order valence-electron chi connectivity index (χ1n) is 9.84. The van der Waals surface area contributed by atoms with Crippen LogP contribution in [0.3, 0.4) is 0 Å². The van der Waals surface area contributed by atoms with Crippen LogP contribution in [0, 0.1) is 6.92 Å². The summed E-state index contributed by atoms with van der Waals surface area (Å²) in [5, 5.41) is 0.569. The van der Waals surface area contributed by atoms with Gasteiger partial charge in [-0.25, -0.2) is 0 Å². The molecule has 1 aliphatic rings. The van der Waals surface area contributed by atoms with Crippen LogP contribution in [-0.4, -0.2) is 48.7 Å². The molecule has 7 heteroatoms. The highest BCUT2D eigenvalue weighted by Crippen LogP contribution is 2.30. The zero-order valence-electron chi connectivity index (χ0n) is 17.0. The van der Waals surface area contributed by atoms with E-state index in [9.17, 15) is 9.59 Å². The number of anilines is 1. The Morgan fingerprint density at radius 1 is 1.10 bits per heavy atom. The Hall–Kier alpha value is -2.80. The summed E-state index contributed by atoms with van der Waals surface area (Å²) >= 11 is 1.52. The number of carbonyl (C=O) groups is 1. The lowest BCUT2D eigenvalue weighted by molar-refractivity contribution is 0.0748. The van der Waals surface area contributed by atoms with Crippen molar-refractivity contribution in [2.45, 2.75) is 20.4 Å². The number of aromatic nitrogens is 1. The topological polar surface area (TPSA) is 54.8 Å². The van der Waals surface area contributed by atoms with Crippen molar-refractivity contribution in [2.24, 2.45) is 0 Å². The van der Waals surface area contributed by atoms with Gasteiger partial charge in [0.05, 0.1) is 18.1 Å². The van der Waals surface area contributed by atoms with Crippen molar-refractivity contribution in [3.05, 3.63) is 57.3 Å². The van der Waals surface area contributed by atoms with E-state index in [0.29, 0.717) is 30.6 Å². The number of amides is 1. The summed E-state index contributed by atoms with van der Waals surface area (Å²) in [5.74, 6) is 0.800. The van der Waals surface area contributed by atoms with Crippen LogP contribution in [-0.2, 0) is 6.54 Å². The fourth-order valence-corrected chi connectivity index (χ4v) is 4.93. The molecule has 3 aromatic rings. The third-order valence-electron chi connectivity index (χ3n) is 5.55. The number of piperazine rings is 1. The zero-order valence-corrected chi connectivity index (χ0v) is 17.8. The van der Waals surface area contributed by atoms with Crippen LogP contribution in [0.25, 0.3) is 10.1 Å². The van der Waals surface area contributed by atoms with Crippen LogP contribution in [0.5, 0.6) is 5.75 Å². The van der Waals surface area contributed by atoms with Gasteiger partial charge in [-0.2, -0.15) is 0 Å². The Balaban J connectivity index is 1.55. The molecule has 0 saturated carbocycles. The maximum absolute atomic E-state index is 13.3. The number of aryl methyl sites for hydroxylation is 2. The Morgan fingerprint density at radius 2 is 1.79 bits per heavy atom. The molecular formula is C22H25N3O3S. The summed E-state index contributed by atoms with van der Waals surface area (Å²) in [6, 6.07) is 9.93. The van der Waals surface area contributed by atoms with Gasteiger partial charge in [-0.15, -0.1) is 11.3 Å². The van der Waals surface area contributed by atoms with Crippen LogP contribution >= 0.6 is 11.3 Å². The number of thiophene rings is 1. The molecule has 0 spiro atoms. The molecule has 1 saturated heterocycles. The fourth-order valence-electron chi connectivity index (χ4n) is 3.89. The number of pyridine rings is 1. The molecule has 1 fully saturated rings. The summed E-state index contributed by atoms with van der Waals surface area (Å²) in [6.07, 6.45) is 1.81. The van der Waals surface area contributed by atoms with Crippen molar-refractivity contribution in [3.63, 3.8) is 0 Å². The number of hydrogen-bond acceptors (Lipinski definition) is 5. The van der Waals surface area contributed by atoms with E-state index in [1.807, 2.05) is 55.3 Å². The normalized spacial score (nSPS) is 14.4. The van der Waals surface area contributed by atoms with Crippen LogP contribution in [0.1, 0.15) is 22.2 Å². The Morgan fingerprint density at radius 3 is 2.41 bits per heavy atom. The van der Waals surface area contributed by atoms with E-state index >= 15 is 0 Å². The second kappa shape index (κ2) is 7.91. The van der Waals surface area contributed by atoms with Crippen molar-refractivity contribution in [1.82, 2.24) is 9.47 Å². The highest BCUT2D eigenvalue weighted by molar-refractivity contribution is 7.19. The fraction of sp³-hybridized carbons (Fsp3) is 0.364. The summed E-state index contributed by atoms with van der Waals surface area (Å²) in [4.78, 5) is 31.2. The van der Waals surface area contributed by atoms with E-state index in [4.69, 9.17) is 4.74 Å². The van der Waals surface area contributed by atoms with Crippen LogP contribution in [0.15, 0.2) is 41.3 Å². The van der Waals surface area contributed by atoms with E-state index in [2.05, 4.69) is 4.90 Å². The van der Waals surface area contributed by atoms with Gasteiger partial charge in [0.15, 0.2) is 0 Å². The smallest absolute Gasteiger partial charge is 0.260 e. The molecule has 29 heavy (non-hydrogen) atoms. The van der Waals surface area contributed by atoms with Gasteiger partial charge < -0.3 is 19.1 Å². The summed E-state index contributed by atoms with van der Waals surface area (Å²) < 4.78 is 7.77. The van der Waals surface area contributed by atoms with Crippen molar-refractivity contribution < 1.29 is 9.53 Å². The molecule has 0 unspecified atom stereocenters. The van der Waals surface area contributed by atoms with E-state index in [-0.39, 0.29) is 11.5 Å². The number of nitrogens with zero attached hydrogens (tertiary/aromatic N) is 3. The van der Waals surface area contributed by atoms with Crippen LogP contribution < -0.4 is 15.2 Å². The van der Waals surface area contributed by atoms with Gasteiger partial charge in [0.25, 0.3) is 11.5 Å². The van der Waals surface area contributed by atoms with E-state index in [1.54, 1.807) is 11.7 Å². The molecule has 2 aromatic heterocycles. The van der Waals surface area contributed by atoms with Crippen molar-refractivity contribution in [3.8, 4) is 5.75 Å². The van der Waals surface area contributed by atoms with Crippen LogP contribution in [0.4, 0.5) is 5.69 Å². The van der Waals surface area contributed by atoms with E-state index in [1.165, 1.54) is 11.3 Å². The molecule has 0 aliphatic carbocycles. The van der Waals surface area contributed by atoms with Gasteiger partial charge >= 0.3 is 0 Å². The van der Waals surface area contributed by atoms with Gasteiger partial charge in [-0.1, -0.05) is 0 Å². The lowest BCUT2D eigenvalue weighted by Gasteiger charge is -2.36. The van der Waals surface area contributed by atoms with Crippen molar-refractivity contribution in [1.29, 1.82) is 0 Å². The molecule has 1 amide bonds. The third-order valence-corrected chi connectivity index (χ3v) is 6.62. The monoisotopic (exact) mass is 411 g/mol. The molecule has 4 rings (SSSR count). The minimum absolute atomic E-state index is 0.0333. The maximum atomic E-state index is 13.3. The van der Waals surface area contributed by atoms with Gasteiger partial charge in [0.2, 0.25) is 0 Å². The first-order chi connectivity index (χ1) is 14.0. The molecular weight excluding hydrogens is 386 g/mol. The largest absolute Gasteiger partial charge is 0.497 e. The number of ether oxygens (including phenoxy) is 1. The molecule has 1 aliphatic heterocycles. The summed E-state index contributed by atoms with van der Waals surface area (Å²) in [5.41, 5.74) is 1.63. The Labute approximate surface area is 173 Å². The molecule has 6 nitrogen and oxygen atoms in total. The number of rotatable bonds is 4. The SMILES string of the molecule is CCn1ccc2sc(C)c(C(=O)N3CCN(c4ccc(OC)cc4)CC3)c2c1=O. The summed E-state index contributed by atoms with van der Waals surface area (Å²) in [6.45, 7) is 7.26. The third kappa shape index (κ3) is 3.51. The molecule has 0 bridgehead atoms. The second-order valence-corrected chi connectivity index (χ2v) is 8.41. The average Bonchev–Trinajstić information content (AvgIpc) is 3.10. The number of carbonyl (C=O) groups excluding carboxylic acids is 1. The molecule has 0 atom stereocenters. The predicted octanol–water partition coefficient (Wildman–Crippen LogP) is 3.36. The highest BCUT2D eigenvalue weighted by Gasteiger charge is 2.27. The quantitative estimate of drug-likeness (QED) is 0.661. The lowest BCUT2D eigenvalue weighted by atomic mass is 10.1. The number of fused-ring (bicyclic) bond motifs is 1. The van der Waals surface area contributed by atoms with E-state index in [0.717, 1.165) is 34.1 Å². The second-order valence-electron chi connectivity index (χ2n) is 7.16. The van der Waals surface area contributed by atoms with Gasteiger partial charge in [0, 0.05) is 54.2 Å². The average molecular weight is 412 g/mol. The minimum atomic E-state index is -0.0745. The first-order valence-corrected chi connectivity index (χ1v) is 10.7. The van der Waals surface area contributed by atoms with Gasteiger partial charge in [-0.3, -0.25) is 9.59 Å². The molecule has 3 heterocycles. The number of hydrogen-bond donors (Lipinski definition) is 0. The number of benzene rings is 1. The molecule has 152 valence electrons. The number of methoxy groups -OCH3 is 1. The predicted molar refractivity (Wildman–Crippen MR) is 118 cm³/mol. The molecule has 0 N–H and O–H groups in total. The summed E-state index contributed by atoms with van der Waals surface area (Å²) in [7, 11) is 1.66.